The topological polar surface area (TPSA) is 99.6 Å². The SMILES string of the molecule is COc1ccc2cc(CN(C)CC(=O)c3c(N)n(Cc4ccccc4)c(=O)n(C)c3=O)ccc2c1. The average molecular weight is 473 g/mol. The lowest BCUT2D eigenvalue weighted by atomic mass is 10.1. The van der Waals surface area contributed by atoms with Crippen molar-refractivity contribution in [1.29, 1.82) is 0 Å². The van der Waals surface area contributed by atoms with Gasteiger partial charge in [-0.3, -0.25) is 23.6 Å². The molecular formula is C27H28N4O4. The monoisotopic (exact) mass is 472 g/mol. The first-order valence-electron chi connectivity index (χ1n) is 11.2. The molecule has 0 fully saturated rings. The number of benzene rings is 3. The van der Waals surface area contributed by atoms with Gasteiger partial charge in [0.15, 0.2) is 5.78 Å². The summed E-state index contributed by atoms with van der Waals surface area (Å²) < 4.78 is 7.48. The molecule has 0 aliphatic heterocycles. The van der Waals surface area contributed by atoms with E-state index < -0.39 is 17.0 Å². The van der Waals surface area contributed by atoms with Gasteiger partial charge in [-0.15, -0.1) is 0 Å². The molecule has 0 radical (unpaired) electrons. The molecule has 2 N–H and O–H groups in total. The summed E-state index contributed by atoms with van der Waals surface area (Å²) in [6.45, 7) is 0.638. The van der Waals surface area contributed by atoms with E-state index in [1.807, 2.05) is 65.6 Å². The summed E-state index contributed by atoms with van der Waals surface area (Å²) in [4.78, 5) is 40.5. The highest BCUT2D eigenvalue weighted by Gasteiger charge is 2.22. The standard InChI is InChI=1S/C27H28N4O4/c1-29(15-19-9-10-21-14-22(35-3)12-11-20(21)13-19)17-23(32)24-25(28)31(27(34)30(2)26(24)33)16-18-7-5-4-6-8-18/h4-14H,15-17,28H2,1-3H3. The number of nitrogens with zero attached hydrogens (tertiary/aromatic N) is 3. The molecule has 0 spiro atoms. The number of rotatable bonds is 8. The zero-order valence-corrected chi connectivity index (χ0v) is 20.0. The number of ether oxygens (including phenoxy) is 1. The summed E-state index contributed by atoms with van der Waals surface area (Å²) in [5, 5.41) is 2.12. The van der Waals surface area contributed by atoms with Gasteiger partial charge in [0.2, 0.25) is 0 Å². The van der Waals surface area contributed by atoms with Gasteiger partial charge in [-0.2, -0.15) is 0 Å². The molecule has 0 bridgehead atoms. The number of Topliss-reactive ketones (excluding diaryl/α,β-unsaturated/α-hetero) is 1. The van der Waals surface area contributed by atoms with Crippen molar-refractivity contribution in [3.05, 3.63) is 104 Å². The van der Waals surface area contributed by atoms with E-state index in [9.17, 15) is 14.4 Å². The third-order valence-corrected chi connectivity index (χ3v) is 6.02. The summed E-state index contributed by atoms with van der Waals surface area (Å²) >= 11 is 0. The second-order valence-electron chi connectivity index (χ2n) is 8.62. The molecule has 0 amide bonds. The Labute approximate surface area is 202 Å². The van der Waals surface area contributed by atoms with Crippen LogP contribution >= 0.6 is 0 Å². The maximum atomic E-state index is 13.2. The van der Waals surface area contributed by atoms with Gasteiger partial charge in [-0.1, -0.05) is 48.5 Å². The number of carbonyl (C=O) groups excluding carboxylic acids is 1. The van der Waals surface area contributed by atoms with Crippen molar-refractivity contribution >= 4 is 22.4 Å². The number of hydrogen-bond acceptors (Lipinski definition) is 6. The minimum absolute atomic E-state index is 0.0242. The summed E-state index contributed by atoms with van der Waals surface area (Å²) in [5.74, 6) is 0.249. The molecule has 1 aromatic heterocycles. The molecule has 3 aromatic carbocycles. The molecule has 0 saturated heterocycles. The number of aromatic nitrogens is 2. The van der Waals surface area contributed by atoms with Gasteiger partial charge in [-0.25, -0.2) is 4.79 Å². The van der Waals surface area contributed by atoms with E-state index in [0.717, 1.165) is 32.2 Å². The molecule has 0 aliphatic carbocycles. The fourth-order valence-corrected chi connectivity index (χ4v) is 4.15. The number of likely N-dealkylation sites (N-methyl/N-ethyl adjacent to an activating group) is 1. The van der Waals surface area contributed by atoms with Crippen molar-refractivity contribution < 1.29 is 9.53 Å². The van der Waals surface area contributed by atoms with Crippen LogP contribution in [0.2, 0.25) is 0 Å². The fraction of sp³-hybridized carbons (Fsp3) is 0.222. The van der Waals surface area contributed by atoms with Crippen LogP contribution in [0, 0.1) is 0 Å². The van der Waals surface area contributed by atoms with E-state index in [2.05, 4.69) is 6.07 Å². The average Bonchev–Trinajstić information content (AvgIpc) is 2.85. The van der Waals surface area contributed by atoms with Crippen LogP contribution in [0.1, 0.15) is 21.5 Å². The summed E-state index contributed by atoms with van der Waals surface area (Å²) in [7, 11) is 4.79. The first kappa shape index (κ1) is 24.0. The number of nitrogens with two attached hydrogens (primary N) is 1. The Bertz CT molecular complexity index is 1510. The fourth-order valence-electron chi connectivity index (χ4n) is 4.15. The quantitative estimate of drug-likeness (QED) is 0.396. The Morgan fingerprint density at radius 1 is 0.971 bits per heavy atom. The van der Waals surface area contributed by atoms with Gasteiger partial charge in [0.1, 0.15) is 17.1 Å². The molecule has 0 atom stereocenters. The summed E-state index contributed by atoms with van der Waals surface area (Å²) in [6, 6.07) is 21.2. The minimum Gasteiger partial charge on any atom is -0.497 e. The molecule has 35 heavy (non-hydrogen) atoms. The number of hydrogen-bond donors (Lipinski definition) is 1. The predicted octanol–water partition coefficient (Wildman–Crippen LogP) is 2.65. The maximum absolute atomic E-state index is 13.2. The predicted molar refractivity (Wildman–Crippen MR) is 137 cm³/mol. The highest BCUT2D eigenvalue weighted by Crippen LogP contribution is 2.22. The molecule has 4 rings (SSSR count). The lowest BCUT2D eigenvalue weighted by molar-refractivity contribution is 0.0941. The molecule has 0 saturated carbocycles. The van der Waals surface area contributed by atoms with Crippen molar-refractivity contribution in [3.63, 3.8) is 0 Å². The first-order chi connectivity index (χ1) is 16.8. The number of fused-ring (bicyclic) bond motifs is 1. The van der Waals surface area contributed by atoms with Crippen molar-refractivity contribution in [1.82, 2.24) is 14.0 Å². The Kier molecular flexibility index (Phi) is 6.84. The van der Waals surface area contributed by atoms with Crippen molar-refractivity contribution in [2.24, 2.45) is 7.05 Å². The first-order valence-corrected chi connectivity index (χ1v) is 11.2. The highest BCUT2D eigenvalue weighted by molar-refractivity contribution is 6.01. The third kappa shape index (κ3) is 5.02. The Morgan fingerprint density at radius 2 is 1.66 bits per heavy atom. The molecule has 8 heteroatoms. The van der Waals surface area contributed by atoms with E-state index >= 15 is 0 Å². The number of nitrogen functional groups attached to an aromatic ring is 1. The molecule has 8 nitrogen and oxygen atoms in total. The second kappa shape index (κ2) is 9.99. The highest BCUT2D eigenvalue weighted by atomic mass is 16.5. The zero-order chi connectivity index (χ0) is 25.1. The Hall–Kier alpha value is -4.17. The summed E-state index contributed by atoms with van der Waals surface area (Å²) in [6.07, 6.45) is 0. The van der Waals surface area contributed by atoms with Crippen LogP contribution in [0.5, 0.6) is 5.75 Å². The third-order valence-electron chi connectivity index (χ3n) is 6.02. The van der Waals surface area contributed by atoms with Crippen LogP contribution in [0.25, 0.3) is 10.8 Å². The normalized spacial score (nSPS) is 11.2. The van der Waals surface area contributed by atoms with Gasteiger partial charge in [0.25, 0.3) is 5.56 Å². The smallest absolute Gasteiger partial charge is 0.332 e. The Balaban J connectivity index is 1.56. The molecule has 0 unspecified atom stereocenters. The van der Waals surface area contributed by atoms with Gasteiger partial charge < -0.3 is 10.5 Å². The molecule has 4 aromatic rings. The number of methoxy groups -OCH3 is 1. The van der Waals surface area contributed by atoms with Crippen molar-refractivity contribution in [2.75, 3.05) is 26.4 Å². The Morgan fingerprint density at radius 3 is 2.37 bits per heavy atom. The van der Waals surface area contributed by atoms with Gasteiger partial charge >= 0.3 is 5.69 Å². The molecule has 0 aliphatic rings. The van der Waals surface area contributed by atoms with Gasteiger partial charge in [0.05, 0.1) is 20.2 Å². The van der Waals surface area contributed by atoms with E-state index in [-0.39, 0.29) is 24.5 Å². The van der Waals surface area contributed by atoms with Crippen LogP contribution in [0.4, 0.5) is 5.82 Å². The number of carbonyl (C=O) groups is 1. The van der Waals surface area contributed by atoms with Gasteiger partial charge in [-0.05, 0) is 47.1 Å². The van der Waals surface area contributed by atoms with Gasteiger partial charge in [0, 0.05) is 13.6 Å². The largest absolute Gasteiger partial charge is 0.497 e. The number of ketones is 1. The van der Waals surface area contributed by atoms with Crippen LogP contribution < -0.4 is 21.7 Å². The van der Waals surface area contributed by atoms with Crippen LogP contribution in [0.3, 0.4) is 0 Å². The van der Waals surface area contributed by atoms with Crippen molar-refractivity contribution in [2.45, 2.75) is 13.1 Å². The lowest BCUT2D eigenvalue weighted by Crippen LogP contribution is -2.44. The molecular weight excluding hydrogens is 444 g/mol. The second-order valence-corrected chi connectivity index (χ2v) is 8.62. The van der Waals surface area contributed by atoms with E-state index in [1.54, 1.807) is 14.2 Å². The number of anilines is 1. The van der Waals surface area contributed by atoms with Crippen LogP contribution in [-0.2, 0) is 20.1 Å². The van der Waals surface area contributed by atoms with E-state index in [1.165, 1.54) is 11.6 Å². The van der Waals surface area contributed by atoms with E-state index in [0.29, 0.717) is 6.54 Å². The lowest BCUT2D eigenvalue weighted by Gasteiger charge is -2.18. The maximum Gasteiger partial charge on any atom is 0.332 e. The van der Waals surface area contributed by atoms with E-state index in [4.69, 9.17) is 10.5 Å². The van der Waals surface area contributed by atoms with Crippen molar-refractivity contribution in [3.8, 4) is 5.75 Å². The minimum atomic E-state index is -0.685. The zero-order valence-electron chi connectivity index (χ0n) is 20.0. The molecule has 1 heterocycles. The van der Waals surface area contributed by atoms with Crippen LogP contribution in [0.15, 0.2) is 76.3 Å². The molecule has 180 valence electrons. The van der Waals surface area contributed by atoms with Crippen LogP contribution in [-0.4, -0.2) is 40.5 Å². The summed E-state index contributed by atoms with van der Waals surface area (Å²) in [5.41, 5.74) is 6.66.